The van der Waals surface area contributed by atoms with E-state index in [0.717, 1.165) is 4.90 Å². The Labute approximate surface area is 119 Å². The predicted octanol–water partition coefficient (Wildman–Crippen LogP) is -0.546. The summed E-state index contributed by atoms with van der Waals surface area (Å²) in [4.78, 5) is 23.3. The van der Waals surface area contributed by atoms with Crippen molar-refractivity contribution >= 4 is 17.9 Å². The monoisotopic (exact) mass is 294 g/mol. The Bertz CT molecular complexity index is 603. The second-order valence-corrected chi connectivity index (χ2v) is 4.42. The number of para-hydroxylation sites is 1. The normalized spacial score (nSPS) is 18.8. The van der Waals surface area contributed by atoms with Gasteiger partial charge in [-0.2, -0.15) is 0 Å². The first-order valence-corrected chi connectivity index (χ1v) is 6.01. The standard InChI is InChI=1S/C12H14N4O5/c13-12-15-14-10(6-3-1-2-4-8(6)17)16(12)7(11(20)21)5-9(18)19/h1-4,7,10,14,17H,5H2,(H2,13,15)(H,18,19)(H,20,21). The van der Waals surface area contributed by atoms with Gasteiger partial charge < -0.3 is 26.0 Å². The van der Waals surface area contributed by atoms with Crippen molar-refractivity contribution in [2.75, 3.05) is 0 Å². The van der Waals surface area contributed by atoms with Gasteiger partial charge >= 0.3 is 11.9 Å². The highest BCUT2D eigenvalue weighted by Gasteiger charge is 2.39. The minimum absolute atomic E-state index is 0.0793. The molecule has 1 aromatic rings. The Morgan fingerprint density at radius 1 is 1.38 bits per heavy atom. The van der Waals surface area contributed by atoms with Crippen LogP contribution in [0.4, 0.5) is 0 Å². The van der Waals surface area contributed by atoms with E-state index >= 15 is 0 Å². The topological polar surface area (TPSA) is 148 Å². The van der Waals surface area contributed by atoms with Crippen LogP contribution in [0, 0.1) is 0 Å². The van der Waals surface area contributed by atoms with Gasteiger partial charge in [0.25, 0.3) is 0 Å². The van der Waals surface area contributed by atoms with Crippen LogP contribution in [0.5, 0.6) is 5.75 Å². The Morgan fingerprint density at radius 2 is 2.05 bits per heavy atom. The van der Waals surface area contributed by atoms with Crippen LogP contribution < -0.4 is 11.2 Å². The number of nitrogens with zero attached hydrogens (tertiary/aromatic N) is 2. The van der Waals surface area contributed by atoms with Gasteiger partial charge in [0.05, 0.1) is 6.42 Å². The van der Waals surface area contributed by atoms with Gasteiger partial charge in [0.15, 0.2) is 0 Å². The number of guanidine groups is 1. The number of aromatic hydroxyl groups is 1. The summed E-state index contributed by atoms with van der Waals surface area (Å²) in [6.45, 7) is 0. The molecule has 21 heavy (non-hydrogen) atoms. The van der Waals surface area contributed by atoms with Crippen LogP contribution in [0.15, 0.2) is 29.4 Å². The maximum absolute atomic E-state index is 11.3. The largest absolute Gasteiger partial charge is 0.508 e. The molecule has 1 heterocycles. The molecule has 0 fully saturated rings. The number of hydrazone groups is 1. The molecule has 2 unspecified atom stereocenters. The number of hydrogen-bond donors (Lipinski definition) is 5. The molecule has 1 aliphatic rings. The molecule has 9 heteroatoms. The van der Waals surface area contributed by atoms with Crippen LogP contribution in [-0.2, 0) is 9.59 Å². The van der Waals surface area contributed by atoms with Gasteiger partial charge in [-0.05, 0) is 6.07 Å². The molecule has 0 saturated carbocycles. The molecule has 0 aliphatic carbocycles. The van der Waals surface area contributed by atoms with E-state index in [1.807, 2.05) is 0 Å². The van der Waals surface area contributed by atoms with Gasteiger partial charge in [0.2, 0.25) is 5.96 Å². The molecule has 2 rings (SSSR count). The van der Waals surface area contributed by atoms with Gasteiger partial charge in [-0.3, -0.25) is 10.2 Å². The molecule has 0 radical (unpaired) electrons. The molecule has 1 aliphatic heterocycles. The summed E-state index contributed by atoms with van der Waals surface area (Å²) < 4.78 is 0. The van der Waals surface area contributed by atoms with E-state index in [9.17, 15) is 19.8 Å². The van der Waals surface area contributed by atoms with Crippen LogP contribution in [0.1, 0.15) is 18.2 Å². The first-order valence-electron chi connectivity index (χ1n) is 6.01. The number of phenols is 1. The summed E-state index contributed by atoms with van der Waals surface area (Å²) in [7, 11) is 0. The van der Waals surface area contributed by atoms with Crippen molar-refractivity contribution in [3.63, 3.8) is 0 Å². The fourth-order valence-electron chi connectivity index (χ4n) is 2.13. The van der Waals surface area contributed by atoms with Crippen molar-refractivity contribution < 1.29 is 24.9 Å². The number of carboxylic acid groups (broad SMARTS) is 2. The zero-order chi connectivity index (χ0) is 15.6. The summed E-state index contributed by atoms with van der Waals surface area (Å²) in [6, 6.07) is 4.83. The third kappa shape index (κ3) is 2.81. The van der Waals surface area contributed by atoms with Crippen molar-refractivity contribution in [1.82, 2.24) is 10.3 Å². The van der Waals surface area contributed by atoms with E-state index in [-0.39, 0.29) is 11.7 Å². The lowest BCUT2D eigenvalue weighted by atomic mass is 10.1. The van der Waals surface area contributed by atoms with E-state index < -0.39 is 30.6 Å². The highest BCUT2D eigenvalue weighted by atomic mass is 16.4. The van der Waals surface area contributed by atoms with Crippen LogP contribution >= 0.6 is 0 Å². The fraction of sp³-hybridized carbons (Fsp3) is 0.250. The zero-order valence-corrected chi connectivity index (χ0v) is 10.8. The number of rotatable bonds is 5. The van der Waals surface area contributed by atoms with Crippen molar-refractivity contribution in [3.8, 4) is 5.75 Å². The number of aliphatic carboxylic acids is 2. The highest BCUT2D eigenvalue weighted by Crippen LogP contribution is 2.30. The second-order valence-electron chi connectivity index (χ2n) is 4.42. The zero-order valence-electron chi connectivity index (χ0n) is 10.8. The van der Waals surface area contributed by atoms with Crippen molar-refractivity contribution in [2.24, 2.45) is 10.8 Å². The lowest BCUT2D eigenvalue weighted by molar-refractivity contribution is -0.149. The third-order valence-corrected chi connectivity index (χ3v) is 3.06. The van der Waals surface area contributed by atoms with Gasteiger partial charge in [-0.1, -0.05) is 18.2 Å². The number of carboxylic acids is 2. The second kappa shape index (κ2) is 5.57. The molecular formula is C12H14N4O5. The smallest absolute Gasteiger partial charge is 0.327 e. The summed E-state index contributed by atoms with van der Waals surface area (Å²) in [5.74, 6) is -2.86. The first kappa shape index (κ1) is 14.4. The molecule has 0 saturated heterocycles. The SMILES string of the molecule is NC1=NNC(c2ccccc2O)N1C(CC(=O)O)C(=O)O. The van der Waals surface area contributed by atoms with E-state index in [1.54, 1.807) is 18.2 Å². The Hall–Kier alpha value is -2.97. The van der Waals surface area contributed by atoms with Crippen LogP contribution in [0.3, 0.4) is 0 Å². The molecule has 1 aromatic carbocycles. The third-order valence-electron chi connectivity index (χ3n) is 3.06. The number of nitrogens with one attached hydrogen (secondary N) is 1. The van der Waals surface area contributed by atoms with Crippen LogP contribution in [-0.4, -0.2) is 44.2 Å². The number of carbonyl (C=O) groups is 2. The van der Waals surface area contributed by atoms with Crippen molar-refractivity contribution in [1.29, 1.82) is 0 Å². The average Bonchev–Trinajstić information content (AvgIpc) is 2.78. The lowest BCUT2D eigenvalue weighted by Gasteiger charge is -2.30. The molecule has 0 aromatic heterocycles. The predicted molar refractivity (Wildman–Crippen MR) is 71.1 cm³/mol. The maximum atomic E-state index is 11.3. The van der Waals surface area contributed by atoms with E-state index in [0.29, 0.717) is 5.56 Å². The first-order chi connectivity index (χ1) is 9.91. The van der Waals surface area contributed by atoms with Gasteiger partial charge in [-0.25, -0.2) is 4.79 Å². The molecule has 0 spiro atoms. The Balaban J connectivity index is 2.37. The van der Waals surface area contributed by atoms with Gasteiger partial charge in [0.1, 0.15) is 18.0 Å². The molecule has 2 atom stereocenters. The van der Waals surface area contributed by atoms with Gasteiger partial charge in [-0.15, -0.1) is 5.10 Å². The minimum atomic E-state index is -1.41. The highest BCUT2D eigenvalue weighted by molar-refractivity contribution is 5.88. The van der Waals surface area contributed by atoms with E-state index in [4.69, 9.17) is 10.8 Å². The van der Waals surface area contributed by atoms with Crippen LogP contribution in [0.2, 0.25) is 0 Å². The van der Waals surface area contributed by atoms with Gasteiger partial charge in [0, 0.05) is 5.56 Å². The Kier molecular flexibility index (Phi) is 3.83. The number of nitrogens with two attached hydrogens (primary N) is 1. The number of phenolic OH excluding ortho intramolecular Hbond substituents is 1. The van der Waals surface area contributed by atoms with Crippen molar-refractivity contribution in [3.05, 3.63) is 29.8 Å². The summed E-state index contributed by atoms with van der Waals surface area (Å²) in [6.07, 6.45) is -1.51. The molecule has 0 bridgehead atoms. The molecule has 0 amide bonds. The summed E-state index contributed by atoms with van der Waals surface area (Å²) >= 11 is 0. The minimum Gasteiger partial charge on any atom is -0.508 e. The average molecular weight is 294 g/mol. The van der Waals surface area contributed by atoms with Crippen molar-refractivity contribution in [2.45, 2.75) is 18.6 Å². The number of hydrogen-bond acceptors (Lipinski definition) is 7. The van der Waals surface area contributed by atoms with E-state index in [1.165, 1.54) is 6.07 Å². The molecule has 6 N–H and O–H groups in total. The maximum Gasteiger partial charge on any atom is 0.327 e. The molecule has 112 valence electrons. The molecular weight excluding hydrogens is 280 g/mol. The summed E-state index contributed by atoms with van der Waals surface area (Å²) in [5.41, 5.74) is 8.59. The Morgan fingerprint density at radius 3 is 2.62 bits per heavy atom. The quantitative estimate of drug-likeness (QED) is 0.486. The fourth-order valence-corrected chi connectivity index (χ4v) is 2.13. The lowest BCUT2D eigenvalue weighted by Crippen LogP contribution is -2.49. The number of benzene rings is 1. The van der Waals surface area contributed by atoms with Crippen LogP contribution in [0.25, 0.3) is 0 Å². The van der Waals surface area contributed by atoms with E-state index in [2.05, 4.69) is 10.5 Å². The molecule has 9 nitrogen and oxygen atoms in total. The summed E-state index contributed by atoms with van der Waals surface area (Å²) in [5, 5.41) is 31.7.